The fraction of sp³-hybridized carbons (Fsp3) is 0.471. The zero-order chi connectivity index (χ0) is 28.7. The molecule has 0 spiro atoms. The first-order valence-electron chi connectivity index (χ1n) is 14.2. The maximum Gasteiger partial charge on any atom is 0.162 e. The summed E-state index contributed by atoms with van der Waals surface area (Å²) in [6, 6.07) is 18.6. The van der Waals surface area contributed by atoms with E-state index in [1.165, 1.54) is 27.8 Å². The summed E-state index contributed by atoms with van der Waals surface area (Å²) in [4.78, 5) is 16.8. The predicted molar refractivity (Wildman–Crippen MR) is 167 cm³/mol. The van der Waals surface area contributed by atoms with Gasteiger partial charge in [0.1, 0.15) is 5.76 Å². The number of aliphatic hydroxyl groups is 1. The van der Waals surface area contributed by atoms with Crippen LogP contribution in [0, 0.1) is 31.2 Å². The Balaban J connectivity index is 0.000000402. The molecule has 0 saturated heterocycles. The van der Waals surface area contributed by atoms with Crippen molar-refractivity contribution in [2.24, 2.45) is 11.3 Å². The van der Waals surface area contributed by atoms with Crippen molar-refractivity contribution in [3.63, 3.8) is 0 Å². The molecule has 215 valence electrons. The van der Waals surface area contributed by atoms with Crippen molar-refractivity contribution in [1.29, 1.82) is 0 Å². The number of carbonyl (C=O) groups is 1. The second kappa shape index (κ2) is 15.1. The Morgan fingerprint density at radius 3 is 2.13 bits per heavy atom. The molecule has 1 radical (unpaired) electrons. The van der Waals surface area contributed by atoms with E-state index in [1.54, 1.807) is 0 Å². The number of carbonyl (C=O) groups excluding carboxylic acids is 1. The summed E-state index contributed by atoms with van der Waals surface area (Å²) in [6.45, 7) is 21.5. The number of rotatable bonds is 9. The quantitative estimate of drug-likeness (QED) is 0.104. The average molecular weight is 723 g/mol. The molecule has 3 nitrogen and oxygen atoms in total. The van der Waals surface area contributed by atoms with Crippen LogP contribution < -0.4 is 5.19 Å². The number of hydrogen-bond donors (Lipinski definition) is 1. The minimum absolute atomic E-state index is 0. The van der Waals surface area contributed by atoms with Crippen LogP contribution in [0.2, 0.25) is 19.6 Å². The Labute approximate surface area is 251 Å². The first-order chi connectivity index (χ1) is 17.8. The van der Waals surface area contributed by atoms with E-state index in [0.717, 1.165) is 42.5 Å². The molecule has 0 saturated carbocycles. The van der Waals surface area contributed by atoms with Crippen molar-refractivity contribution in [3.05, 3.63) is 71.5 Å². The van der Waals surface area contributed by atoms with Crippen LogP contribution in [0.5, 0.6) is 0 Å². The standard InChI is InChI=1S/C20H22NSi.C14H26O2.Ir/c1-14-10-15(2)12-16(11-14)19-13-20(22(3,4)5)17-8-6-7-9-18(17)21-19;1-6-11(7-2)12(15)10-13(16)14(5,8-3)9-4;/h6-11,13H,1-5H3;10-11,16H,6-9H2,1-5H3;/q-1;;/b;13-10-;. The third-order valence-corrected chi connectivity index (χ3v) is 9.82. The number of nitrogens with zero attached hydrogens (tertiary/aromatic N) is 1. The SMILES string of the molecule is CCC(CC)C(=O)/C=C(\O)C(C)(CC)CC.Cc1[c-]c(-c2cc([Si](C)(C)C)c3ccccc3n2)cc(C)c1.[Ir]. The summed E-state index contributed by atoms with van der Waals surface area (Å²) in [5.41, 5.74) is 5.41. The monoisotopic (exact) mass is 723 g/mol. The molecule has 1 N–H and O–H groups in total. The minimum atomic E-state index is -1.44. The normalized spacial score (nSPS) is 12.1. The van der Waals surface area contributed by atoms with Crippen LogP contribution in [0.1, 0.15) is 71.4 Å². The Morgan fingerprint density at radius 2 is 1.62 bits per heavy atom. The van der Waals surface area contributed by atoms with E-state index < -0.39 is 8.07 Å². The number of allylic oxidation sites excluding steroid dienone is 2. The number of benzene rings is 2. The number of fused-ring (bicyclic) bond motifs is 1. The zero-order valence-electron chi connectivity index (χ0n) is 25.7. The van der Waals surface area contributed by atoms with Crippen molar-refractivity contribution in [2.45, 2.75) is 93.8 Å². The van der Waals surface area contributed by atoms with Gasteiger partial charge >= 0.3 is 0 Å². The van der Waals surface area contributed by atoms with Gasteiger partial charge in [0.25, 0.3) is 0 Å². The van der Waals surface area contributed by atoms with Gasteiger partial charge in [-0.2, -0.15) is 0 Å². The van der Waals surface area contributed by atoms with Crippen LogP contribution in [0.25, 0.3) is 22.2 Å². The molecule has 0 fully saturated rings. The smallest absolute Gasteiger partial charge is 0.162 e. The van der Waals surface area contributed by atoms with Gasteiger partial charge in [-0.25, -0.2) is 0 Å². The second-order valence-corrected chi connectivity index (χ2v) is 16.8. The van der Waals surface area contributed by atoms with E-state index in [4.69, 9.17) is 4.98 Å². The van der Waals surface area contributed by atoms with Gasteiger partial charge in [0, 0.05) is 37.5 Å². The third kappa shape index (κ3) is 9.23. The number of aryl methyl sites for hydroxylation is 2. The van der Waals surface area contributed by atoms with Crippen molar-refractivity contribution < 1.29 is 30.0 Å². The van der Waals surface area contributed by atoms with Crippen LogP contribution in [0.4, 0.5) is 0 Å². The predicted octanol–water partition coefficient (Wildman–Crippen LogP) is 9.12. The Kier molecular flexibility index (Phi) is 13.5. The molecule has 3 aromatic rings. The van der Waals surface area contributed by atoms with E-state index in [2.05, 4.69) is 82.0 Å². The molecule has 0 aliphatic carbocycles. The molecule has 1 aromatic heterocycles. The van der Waals surface area contributed by atoms with Gasteiger partial charge in [0.2, 0.25) is 0 Å². The van der Waals surface area contributed by atoms with Crippen molar-refractivity contribution >= 4 is 29.9 Å². The van der Waals surface area contributed by atoms with Gasteiger partial charge in [-0.05, 0) is 42.8 Å². The Hall–Kier alpha value is -2.07. The molecule has 0 atom stereocenters. The second-order valence-electron chi connectivity index (χ2n) is 11.8. The number of ketones is 1. The minimum Gasteiger partial charge on any atom is -0.512 e. The van der Waals surface area contributed by atoms with Crippen LogP contribution in [-0.2, 0) is 24.9 Å². The fourth-order valence-corrected chi connectivity index (χ4v) is 6.29. The molecule has 0 aliphatic rings. The maximum absolute atomic E-state index is 11.9. The van der Waals surface area contributed by atoms with Gasteiger partial charge in [-0.3, -0.25) is 9.78 Å². The molecule has 0 bridgehead atoms. The van der Waals surface area contributed by atoms with Gasteiger partial charge in [0.05, 0.1) is 13.6 Å². The van der Waals surface area contributed by atoms with Crippen molar-refractivity contribution in [3.8, 4) is 11.3 Å². The van der Waals surface area contributed by atoms with Crippen molar-refractivity contribution in [1.82, 2.24) is 4.98 Å². The molecule has 5 heteroatoms. The van der Waals surface area contributed by atoms with Gasteiger partial charge in [-0.15, -0.1) is 34.9 Å². The number of hydrogen-bond acceptors (Lipinski definition) is 3. The van der Waals surface area contributed by atoms with Gasteiger partial charge in [0.15, 0.2) is 5.78 Å². The molecule has 2 aromatic carbocycles. The molecule has 1 heterocycles. The Morgan fingerprint density at radius 1 is 1.03 bits per heavy atom. The number of pyridine rings is 1. The van der Waals surface area contributed by atoms with Gasteiger partial charge < -0.3 is 5.11 Å². The maximum atomic E-state index is 11.9. The van der Waals surface area contributed by atoms with Gasteiger partial charge in [-0.1, -0.05) is 97.6 Å². The number of aromatic nitrogens is 1. The van der Waals surface area contributed by atoms with Crippen LogP contribution in [0.3, 0.4) is 0 Å². The van der Waals surface area contributed by atoms with Crippen LogP contribution in [0.15, 0.2) is 54.3 Å². The Bertz CT molecular complexity index is 1250. The summed E-state index contributed by atoms with van der Waals surface area (Å²) < 4.78 is 0. The van der Waals surface area contributed by atoms with E-state index >= 15 is 0 Å². The van der Waals surface area contributed by atoms with E-state index in [1.807, 2.05) is 34.6 Å². The molecule has 0 unspecified atom stereocenters. The number of aliphatic hydroxyl groups excluding tert-OH is 1. The summed E-state index contributed by atoms with van der Waals surface area (Å²) in [5, 5.41) is 12.8. The van der Waals surface area contributed by atoms with E-state index in [0.29, 0.717) is 0 Å². The number of para-hydroxylation sites is 1. The largest absolute Gasteiger partial charge is 0.512 e. The summed E-state index contributed by atoms with van der Waals surface area (Å²) >= 11 is 0. The van der Waals surface area contributed by atoms with E-state index in [-0.39, 0.29) is 43.0 Å². The third-order valence-electron chi connectivity index (χ3n) is 7.79. The molecule has 39 heavy (non-hydrogen) atoms. The zero-order valence-corrected chi connectivity index (χ0v) is 29.1. The molecule has 0 amide bonds. The summed E-state index contributed by atoms with van der Waals surface area (Å²) in [6.07, 6.45) is 4.83. The van der Waals surface area contributed by atoms with E-state index in [9.17, 15) is 9.90 Å². The van der Waals surface area contributed by atoms with Crippen LogP contribution >= 0.6 is 0 Å². The molecule has 0 aliphatic heterocycles. The summed E-state index contributed by atoms with van der Waals surface area (Å²) in [7, 11) is -1.44. The molecular weight excluding hydrogens is 675 g/mol. The van der Waals surface area contributed by atoms with Crippen LogP contribution in [-0.4, -0.2) is 23.9 Å². The topological polar surface area (TPSA) is 50.2 Å². The first-order valence-corrected chi connectivity index (χ1v) is 17.7. The molecule has 3 rings (SSSR count). The fourth-order valence-electron chi connectivity index (χ4n) is 4.70. The molecular formula is C34H48IrNO2Si-. The summed E-state index contributed by atoms with van der Waals surface area (Å²) in [5.74, 6) is 0.366. The average Bonchev–Trinajstić information content (AvgIpc) is 2.87. The van der Waals surface area contributed by atoms with Crippen molar-refractivity contribution in [2.75, 3.05) is 0 Å². The first kappa shape index (κ1) is 35.0.